The van der Waals surface area contributed by atoms with Crippen molar-refractivity contribution in [3.8, 4) is 0 Å². The van der Waals surface area contributed by atoms with Gasteiger partial charge in [0.25, 0.3) is 0 Å². The Hall–Kier alpha value is -1.14. The Morgan fingerprint density at radius 2 is 1.92 bits per heavy atom. The standard InChI is InChI=1S/C4H6O5.C3H6O/c5-2(4(8)9)1-3(6)7;1-3-2-4-3/h2,5H,1H2,(H,6,7)(H,8,9);3H,2H2,1H3. The lowest BCUT2D eigenvalue weighted by atomic mass is 10.3. The molecule has 1 rings (SSSR count). The predicted octanol–water partition coefficient (Wildman–Crippen LogP) is -0.688. The molecule has 0 aliphatic carbocycles. The summed E-state index contributed by atoms with van der Waals surface area (Å²) in [5.74, 6) is -2.85. The molecule has 13 heavy (non-hydrogen) atoms. The monoisotopic (exact) mass is 192 g/mol. The Balaban J connectivity index is 0.000000293. The molecule has 1 heterocycles. The van der Waals surface area contributed by atoms with Crippen LogP contribution in [0.2, 0.25) is 0 Å². The Bertz CT molecular complexity index is 185. The Labute approximate surface area is 74.7 Å². The van der Waals surface area contributed by atoms with Gasteiger partial charge in [0, 0.05) is 0 Å². The van der Waals surface area contributed by atoms with E-state index in [4.69, 9.17) is 20.1 Å². The Morgan fingerprint density at radius 1 is 1.54 bits per heavy atom. The van der Waals surface area contributed by atoms with Gasteiger partial charge in [0.15, 0.2) is 6.10 Å². The molecule has 0 aromatic rings. The number of carbonyl (C=O) groups is 2. The van der Waals surface area contributed by atoms with Crippen LogP contribution in [0.15, 0.2) is 0 Å². The number of aliphatic hydroxyl groups is 1. The zero-order chi connectivity index (χ0) is 10.4. The summed E-state index contributed by atoms with van der Waals surface area (Å²) in [6.45, 7) is 3.04. The lowest BCUT2D eigenvalue weighted by molar-refractivity contribution is -0.152. The number of aliphatic carboxylic acids is 2. The van der Waals surface area contributed by atoms with E-state index < -0.39 is 24.5 Å². The molecular weight excluding hydrogens is 180 g/mol. The van der Waals surface area contributed by atoms with Crippen LogP contribution < -0.4 is 0 Å². The topological polar surface area (TPSA) is 107 Å². The van der Waals surface area contributed by atoms with Gasteiger partial charge in [-0.15, -0.1) is 0 Å². The van der Waals surface area contributed by atoms with Crippen LogP contribution in [-0.2, 0) is 14.3 Å². The maximum atomic E-state index is 9.72. The molecule has 76 valence electrons. The molecule has 0 spiro atoms. The van der Waals surface area contributed by atoms with Gasteiger partial charge in [0.1, 0.15) is 0 Å². The average Bonchev–Trinajstić information content (AvgIpc) is 2.71. The molecule has 2 atom stereocenters. The number of hydrogen-bond acceptors (Lipinski definition) is 4. The zero-order valence-corrected chi connectivity index (χ0v) is 7.14. The van der Waals surface area contributed by atoms with Crippen molar-refractivity contribution in [3.63, 3.8) is 0 Å². The van der Waals surface area contributed by atoms with E-state index in [1.807, 2.05) is 0 Å². The molecule has 3 N–H and O–H groups in total. The smallest absolute Gasteiger partial charge is 0.333 e. The molecule has 1 saturated heterocycles. The summed E-state index contributed by atoms with van der Waals surface area (Å²) < 4.78 is 4.71. The Morgan fingerprint density at radius 3 is 2.00 bits per heavy atom. The second-order valence-electron chi connectivity index (χ2n) is 2.60. The minimum atomic E-state index is -1.79. The first-order valence-corrected chi connectivity index (χ1v) is 3.67. The number of carboxylic acids is 2. The lowest BCUT2D eigenvalue weighted by Crippen LogP contribution is -2.22. The van der Waals surface area contributed by atoms with Crippen molar-refractivity contribution in [2.24, 2.45) is 0 Å². The van der Waals surface area contributed by atoms with Crippen molar-refractivity contribution in [3.05, 3.63) is 0 Å². The average molecular weight is 192 g/mol. The molecule has 6 nitrogen and oxygen atoms in total. The molecule has 1 aliphatic rings. The van der Waals surface area contributed by atoms with Gasteiger partial charge in [0.2, 0.25) is 0 Å². The summed E-state index contributed by atoms with van der Waals surface area (Å²) in [4.78, 5) is 19.4. The largest absolute Gasteiger partial charge is 0.481 e. The molecule has 1 aliphatic heterocycles. The van der Waals surface area contributed by atoms with Gasteiger partial charge in [-0.05, 0) is 6.92 Å². The van der Waals surface area contributed by atoms with Gasteiger partial charge in [-0.2, -0.15) is 0 Å². The quantitative estimate of drug-likeness (QED) is 0.511. The van der Waals surface area contributed by atoms with Crippen LogP contribution in [0.3, 0.4) is 0 Å². The first kappa shape index (κ1) is 11.9. The fourth-order valence-electron chi connectivity index (χ4n) is 0.349. The number of ether oxygens (including phenoxy) is 1. The summed E-state index contributed by atoms with van der Waals surface area (Å²) in [5.41, 5.74) is 0. The van der Waals surface area contributed by atoms with E-state index in [1.54, 1.807) is 0 Å². The van der Waals surface area contributed by atoms with Crippen molar-refractivity contribution < 1.29 is 29.6 Å². The van der Waals surface area contributed by atoms with Crippen LogP contribution in [0, 0.1) is 0 Å². The molecule has 0 radical (unpaired) electrons. The van der Waals surface area contributed by atoms with Gasteiger partial charge in [-0.1, -0.05) is 0 Å². The van der Waals surface area contributed by atoms with Crippen LogP contribution >= 0.6 is 0 Å². The van der Waals surface area contributed by atoms with Gasteiger partial charge >= 0.3 is 11.9 Å². The van der Waals surface area contributed by atoms with Gasteiger partial charge < -0.3 is 20.1 Å². The molecule has 0 saturated carbocycles. The lowest BCUT2D eigenvalue weighted by Gasteiger charge is -1.97. The highest BCUT2D eigenvalue weighted by atomic mass is 16.6. The fraction of sp³-hybridized carbons (Fsp3) is 0.714. The van der Waals surface area contributed by atoms with Crippen molar-refractivity contribution >= 4 is 11.9 Å². The minimum absolute atomic E-state index is 0.583. The molecule has 0 aromatic carbocycles. The number of hydrogen-bond donors (Lipinski definition) is 3. The van der Waals surface area contributed by atoms with Gasteiger partial charge in [-0.25, -0.2) is 4.79 Å². The zero-order valence-electron chi connectivity index (χ0n) is 7.14. The third-order valence-corrected chi connectivity index (χ3v) is 1.15. The van der Waals surface area contributed by atoms with Crippen LogP contribution in [0.5, 0.6) is 0 Å². The van der Waals surface area contributed by atoms with E-state index in [-0.39, 0.29) is 0 Å². The van der Waals surface area contributed by atoms with E-state index in [2.05, 4.69) is 6.92 Å². The molecular formula is C7H12O6. The summed E-state index contributed by atoms with van der Waals surface area (Å²) in [5, 5.41) is 24.1. The maximum absolute atomic E-state index is 9.72. The summed E-state index contributed by atoms with van der Waals surface area (Å²) in [6.07, 6.45) is -1.96. The summed E-state index contributed by atoms with van der Waals surface area (Å²) in [6, 6.07) is 0. The number of rotatable bonds is 3. The highest BCUT2D eigenvalue weighted by Gasteiger charge is 2.16. The fourth-order valence-corrected chi connectivity index (χ4v) is 0.349. The van der Waals surface area contributed by atoms with Crippen LogP contribution in [0.4, 0.5) is 0 Å². The van der Waals surface area contributed by atoms with Crippen molar-refractivity contribution in [2.45, 2.75) is 25.6 Å². The van der Waals surface area contributed by atoms with Crippen LogP contribution in [0.1, 0.15) is 13.3 Å². The molecule has 1 fully saturated rings. The van der Waals surface area contributed by atoms with Crippen molar-refractivity contribution in [1.82, 2.24) is 0 Å². The second-order valence-corrected chi connectivity index (χ2v) is 2.60. The predicted molar refractivity (Wildman–Crippen MR) is 41.3 cm³/mol. The van der Waals surface area contributed by atoms with Crippen molar-refractivity contribution in [2.75, 3.05) is 6.61 Å². The number of epoxide rings is 1. The van der Waals surface area contributed by atoms with Crippen molar-refractivity contribution in [1.29, 1.82) is 0 Å². The van der Waals surface area contributed by atoms with E-state index in [1.165, 1.54) is 0 Å². The normalized spacial score (nSPS) is 20.9. The summed E-state index contributed by atoms with van der Waals surface area (Å²) >= 11 is 0. The van der Waals surface area contributed by atoms with Gasteiger partial charge in [-0.3, -0.25) is 4.79 Å². The van der Waals surface area contributed by atoms with E-state index in [0.717, 1.165) is 6.61 Å². The maximum Gasteiger partial charge on any atom is 0.333 e. The highest BCUT2D eigenvalue weighted by Crippen LogP contribution is 2.04. The highest BCUT2D eigenvalue weighted by molar-refractivity contribution is 5.79. The van der Waals surface area contributed by atoms with E-state index in [9.17, 15) is 9.59 Å². The Kier molecular flexibility index (Phi) is 5.01. The van der Waals surface area contributed by atoms with Crippen LogP contribution in [-0.4, -0.2) is 46.1 Å². The van der Waals surface area contributed by atoms with E-state index in [0.29, 0.717) is 6.10 Å². The van der Waals surface area contributed by atoms with Crippen LogP contribution in [0.25, 0.3) is 0 Å². The molecule has 2 unspecified atom stereocenters. The molecule has 0 aromatic heterocycles. The minimum Gasteiger partial charge on any atom is -0.481 e. The molecule has 0 amide bonds. The number of carboxylic acid groups (broad SMARTS) is 2. The third-order valence-electron chi connectivity index (χ3n) is 1.15. The molecule has 6 heteroatoms. The first-order chi connectivity index (χ1) is 5.93. The second kappa shape index (κ2) is 5.50. The van der Waals surface area contributed by atoms with E-state index >= 15 is 0 Å². The SMILES string of the molecule is CC1CO1.O=C(O)CC(O)C(=O)O. The number of aliphatic hydroxyl groups excluding tert-OH is 1. The first-order valence-electron chi connectivity index (χ1n) is 3.67. The summed E-state index contributed by atoms with van der Waals surface area (Å²) in [7, 11) is 0. The third kappa shape index (κ3) is 8.77. The van der Waals surface area contributed by atoms with Gasteiger partial charge in [0.05, 0.1) is 19.1 Å². The molecule has 0 bridgehead atoms.